The summed E-state index contributed by atoms with van der Waals surface area (Å²) in [5.74, 6) is 0. The molecule has 0 aromatic heterocycles. The smallest absolute Gasteiger partial charge is 0.105 e. The van der Waals surface area contributed by atoms with Gasteiger partial charge in [-0.15, -0.1) is 0 Å². The molecule has 0 bridgehead atoms. The summed E-state index contributed by atoms with van der Waals surface area (Å²) < 4.78 is 0. The van der Waals surface area contributed by atoms with Gasteiger partial charge in [-0.05, 0) is 43.4 Å². The minimum absolute atomic E-state index is 0.551. The first-order chi connectivity index (χ1) is 9.22. The molecule has 0 aliphatic carbocycles. The molecule has 2 N–H and O–H groups in total. The van der Waals surface area contributed by atoms with Crippen molar-refractivity contribution in [1.29, 1.82) is 0 Å². The van der Waals surface area contributed by atoms with E-state index in [2.05, 4.69) is 26.9 Å². The van der Waals surface area contributed by atoms with E-state index in [1.807, 2.05) is 18.2 Å². The summed E-state index contributed by atoms with van der Waals surface area (Å²) in [6.07, 6.45) is 2.81. The van der Waals surface area contributed by atoms with Crippen molar-refractivity contribution in [3.8, 4) is 0 Å². The van der Waals surface area contributed by atoms with Gasteiger partial charge in [0.25, 0.3) is 0 Å². The third-order valence-electron chi connectivity index (χ3n) is 3.70. The van der Waals surface area contributed by atoms with E-state index in [0.29, 0.717) is 11.8 Å². The summed E-state index contributed by atoms with van der Waals surface area (Å²) in [4.78, 5) is 2.36. The first-order valence-corrected chi connectivity index (χ1v) is 8.11. The Balaban J connectivity index is 2.09. The summed E-state index contributed by atoms with van der Waals surface area (Å²) in [5.41, 5.74) is 1.96. The molecule has 1 aliphatic rings. The largest absolute Gasteiger partial charge is 0.390 e. The molecule has 0 radical (unpaired) electrons. The van der Waals surface area contributed by atoms with Crippen LogP contribution in [0.15, 0.2) is 24.3 Å². The van der Waals surface area contributed by atoms with E-state index in [1.54, 1.807) is 0 Å². The summed E-state index contributed by atoms with van der Waals surface area (Å²) in [5, 5.41) is 20.7. The minimum atomic E-state index is -0.803. The van der Waals surface area contributed by atoms with Crippen LogP contribution in [0.3, 0.4) is 0 Å². The Morgan fingerprint density at radius 1 is 1.16 bits per heavy atom. The van der Waals surface area contributed by atoms with Crippen LogP contribution < -0.4 is 4.90 Å². The quantitative estimate of drug-likeness (QED) is 0.817. The molecule has 1 aromatic rings. The molecule has 1 saturated heterocycles. The van der Waals surface area contributed by atoms with Gasteiger partial charge < -0.3 is 15.1 Å². The lowest BCUT2D eigenvalue weighted by atomic mass is 10.0. The maximum absolute atomic E-state index is 10.2. The van der Waals surface area contributed by atoms with E-state index < -0.39 is 12.2 Å². The fourth-order valence-corrected chi connectivity index (χ4v) is 3.02. The standard InChI is InChI=1S/C15H22BrNO2/c16-8-7-14(18)15(19)12-5-4-6-13(11-12)17-9-2-1-3-10-17/h4-6,11,14-15,18-19H,1-3,7-10H2. The Bertz CT molecular complexity index is 393. The van der Waals surface area contributed by atoms with Crippen LogP contribution in [0.5, 0.6) is 0 Å². The molecule has 2 rings (SSSR count). The van der Waals surface area contributed by atoms with Crippen LogP contribution in [0.1, 0.15) is 37.4 Å². The second-order valence-corrected chi connectivity index (χ2v) is 5.93. The highest BCUT2D eigenvalue weighted by molar-refractivity contribution is 9.09. The maximum Gasteiger partial charge on any atom is 0.105 e. The lowest BCUT2D eigenvalue weighted by Crippen LogP contribution is -2.29. The Morgan fingerprint density at radius 2 is 1.89 bits per heavy atom. The fourth-order valence-electron chi connectivity index (χ4n) is 2.55. The number of benzene rings is 1. The highest BCUT2D eigenvalue weighted by atomic mass is 79.9. The number of hydrogen-bond donors (Lipinski definition) is 2. The topological polar surface area (TPSA) is 43.7 Å². The number of nitrogens with zero attached hydrogens (tertiary/aromatic N) is 1. The molecule has 0 amide bonds. The van der Waals surface area contributed by atoms with Gasteiger partial charge in [-0.2, -0.15) is 0 Å². The maximum atomic E-state index is 10.2. The second kappa shape index (κ2) is 7.27. The molecule has 1 aromatic carbocycles. The van der Waals surface area contributed by atoms with Crippen molar-refractivity contribution in [2.45, 2.75) is 37.9 Å². The first-order valence-electron chi connectivity index (χ1n) is 6.99. The number of aliphatic hydroxyl groups is 2. The molecule has 4 heteroatoms. The molecule has 0 saturated carbocycles. The molecule has 1 fully saturated rings. The molecule has 106 valence electrons. The Hall–Kier alpha value is -0.580. The third-order valence-corrected chi connectivity index (χ3v) is 4.16. The van der Waals surface area contributed by atoms with E-state index in [0.717, 1.165) is 24.3 Å². The van der Waals surface area contributed by atoms with Crippen molar-refractivity contribution < 1.29 is 10.2 Å². The summed E-state index contributed by atoms with van der Waals surface area (Å²) in [6.45, 7) is 2.17. The van der Waals surface area contributed by atoms with Crippen LogP contribution >= 0.6 is 15.9 Å². The molecule has 1 heterocycles. The van der Waals surface area contributed by atoms with Crippen molar-refractivity contribution in [3.05, 3.63) is 29.8 Å². The van der Waals surface area contributed by atoms with Crippen LogP contribution in [0, 0.1) is 0 Å². The zero-order chi connectivity index (χ0) is 13.7. The minimum Gasteiger partial charge on any atom is -0.390 e. The van der Waals surface area contributed by atoms with Gasteiger partial charge in [0.15, 0.2) is 0 Å². The van der Waals surface area contributed by atoms with Gasteiger partial charge in [-0.3, -0.25) is 0 Å². The van der Waals surface area contributed by atoms with Gasteiger partial charge >= 0.3 is 0 Å². The fraction of sp³-hybridized carbons (Fsp3) is 0.600. The molecule has 2 unspecified atom stereocenters. The van der Waals surface area contributed by atoms with Crippen molar-refractivity contribution in [2.75, 3.05) is 23.3 Å². The monoisotopic (exact) mass is 327 g/mol. The second-order valence-electron chi connectivity index (χ2n) is 5.13. The molecule has 1 aliphatic heterocycles. The van der Waals surface area contributed by atoms with Crippen molar-refractivity contribution in [1.82, 2.24) is 0 Å². The normalized spacial score (nSPS) is 19.2. The summed E-state index contributed by atoms with van der Waals surface area (Å²) in [7, 11) is 0. The number of alkyl halides is 1. The SMILES string of the molecule is OC(CCBr)C(O)c1cccc(N2CCCCC2)c1. The number of rotatable bonds is 5. The highest BCUT2D eigenvalue weighted by Gasteiger charge is 2.19. The van der Waals surface area contributed by atoms with Crippen molar-refractivity contribution >= 4 is 21.6 Å². The van der Waals surface area contributed by atoms with Gasteiger partial charge in [0.1, 0.15) is 6.10 Å². The van der Waals surface area contributed by atoms with Crippen LogP contribution in [0.4, 0.5) is 5.69 Å². The number of aliphatic hydroxyl groups excluding tert-OH is 2. The average molecular weight is 328 g/mol. The molecule has 3 nitrogen and oxygen atoms in total. The van der Waals surface area contributed by atoms with Crippen LogP contribution in [0.25, 0.3) is 0 Å². The van der Waals surface area contributed by atoms with Crippen LogP contribution in [0.2, 0.25) is 0 Å². The van der Waals surface area contributed by atoms with E-state index in [1.165, 1.54) is 19.3 Å². The highest BCUT2D eigenvalue weighted by Crippen LogP contribution is 2.26. The Labute approximate surface area is 123 Å². The Morgan fingerprint density at radius 3 is 2.58 bits per heavy atom. The van der Waals surface area contributed by atoms with Gasteiger partial charge in [0.05, 0.1) is 6.10 Å². The Kier molecular flexibility index (Phi) is 5.67. The van der Waals surface area contributed by atoms with Crippen LogP contribution in [-0.4, -0.2) is 34.7 Å². The van der Waals surface area contributed by atoms with Gasteiger partial charge in [-0.1, -0.05) is 28.1 Å². The molecule has 2 atom stereocenters. The van der Waals surface area contributed by atoms with E-state index >= 15 is 0 Å². The number of hydrogen-bond acceptors (Lipinski definition) is 3. The van der Waals surface area contributed by atoms with Gasteiger partial charge in [0.2, 0.25) is 0 Å². The van der Waals surface area contributed by atoms with Crippen molar-refractivity contribution in [2.24, 2.45) is 0 Å². The number of anilines is 1. The lowest BCUT2D eigenvalue weighted by molar-refractivity contribution is 0.0174. The van der Waals surface area contributed by atoms with Crippen molar-refractivity contribution in [3.63, 3.8) is 0 Å². The van der Waals surface area contributed by atoms with Gasteiger partial charge in [-0.25, -0.2) is 0 Å². The van der Waals surface area contributed by atoms with E-state index in [9.17, 15) is 10.2 Å². The summed E-state index contributed by atoms with van der Waals surface area (Å²) in [6, 6.07) is 7.94. The first kappa shape index (κ1) is 14.8. The average Bonchev–Trinajstić information content (AvgIpc) is 2.48. The van der Waals surface area contributed by atoms with Gasteiger partial charge in [0, 0.05) is 24.1 Å². The van der Waals surface area contributed by atoms with E-state index in [4.69, 9.17) is 0 Å². The lowest BCUT2D eigenvalue weighted by Gasteiger charge is -2.29. The number of piperidine rings is 1. The molecule has 19 heavy (non-hydrogen) atoms. The molecular weight excluding hydrogens is 306 g/mol. The van der Waals surface area contributed by atoms with Crippen LogP contribution in [-0.2, 0) is 0 Å². The predicted molar refractivity (Wildman–Crippen MR) is 81.9 cm³/mol. The zero-order valence-electron chi connectivity index (χ0n) is 11.1. The summed E-state index contributed by atoms with van der Waals surface area (Å²) >= 11 is 3.29. The third kappa shape index (κ3) is 3.94. The van der Waals surface area contributed by atoms with E-state index in [-0.39, 0.29) is 0 Å². The number of halogens is 1. The predicted octanol–water partition coefficient (Wildman–Crippen LogP) is 2.86. The molecule has 0 spiro atoms. The zero-order valence-corrected chi connectivity index (χ0v) is 12.7. The molecular formula is C15H22BrNO2.